The molecule has 58 heavy (non-hydrogen) atoms. The molecule has 2 fully saturated rings. The van der Waals surface area contributed by atoms with Crippen LogP contribution in [0.1, 0.15) is 97.3 Å². The highest BCUT2D eigenvalue weighted by atomic mass is 16.6. The number of nitrogens with two attached hydrogens (primary N) is 2. The lowest BCUT2D eigenvalue weighted by atomic mass is 9.94. The molecule has 2 aliphatic rings. The van der Waals surface area contributed by atoms with Crippen molar-refractivity contribution >= 4 is 47.2 Å². The van der Waals surface area contributed by atoms with Gasteiger partial charge in [-0.3, -0.25) is 44.5 Å². The fourth-order valence-corrected chi connectivity index (χ4v) is 7.03. The molecular formula is C39H64N10O9. The van der Waals surface area contributed by atoms with Gasteiger partial charge in [0.15, 0.2) is 0 Å². The third kappa shape index (κ3) is 13.8. The summed E-state index contributed by atoms with van der Waals surface area (Å²) >= 11 is 0. The standard InChI is InChI=1S/C39H64N10O9/c1-22(2)32(45-33(51)23(3)41)37(55)48-19-16-27(44-38(56)58-39(5,6)7)30(21-48)49-18-11-13-29(49)36(54)43-28(12-9-10-17-40)35(53)47-46-34(52)26-20-25(42-24(4)50)14-15-31(26)57-8/h14-15,20,22-23,27-30,32H,9-13,16-19,21,40-41H2,1-8H3,(H,42,50)(H,43,54)(H,44,56)(H,45,51)(H,46,52)(H,47,53)/t23-,27+,28-,29-,30+,32-/m0/s1. The normalized spacial score (nSPS) is 19.9. The molecule has 0 unspecified atom stereocenters. The van der Waals surface area contributed by atoms with Crippen LogP contribution in [0.4, 0.5) is 10.5 Å². The Labute approximate surface area is 340 Å². The van der Waals surface area contributed by atoms with E-state index in [1.165, 1.54) is 33.1 Å². The van der Waals surface area contributed by atoms with Crippen LogP contribution >= 0.6 is 0 Å². The van der Waals surface area contributed by atoms with Crippen LogP contribution in [-0.4, -0.2) is 126 Å². The molecule has 1 aromatic rings. The number of methoxy groups -OCH3 is 1. The summed E-state index contributed by atoms with van der Waals surface area (Å²) in [5, 5.41) is 11.2. The van der Waals surface area contributed by atoms with Crippen molar-refractivity contribution in [3.05, 3.63) is 23.8 Å². The summed E-state index contributed by atoms with van der Waals surface area (Å²) < 4.78 is 10.9. The van der Waals surface area contributed by atoms with Crippen molar-refractivity contribution in [2.24, 2.45) is 17.4 Å². The fraction of sp³-hybridized carbons (Fsp3) is 0.667. The fourth-order valence-electron chi connectivity index (χ4n) is 7.03. The van der Waals surface area contributed by atoms with E-state index in [1.807, 2.05) is 18.7 Å². The average Bonchev–Trinajstić information content (AvgIpc) is 3.64. The number of carbonyl (C=O) groups excluding carboxylic acids is 7. The predicted octanol–water partition coefficient (Wildman–Crippen LogP) is 0.475. The second-order valence-corrected chi connectivity index (χ2v) is 16.2. The quantitative estimate of drug-likeness (QED) is 0.0837. The lowest BCUT2D eigenvalue weighted by molar-refractivity contribution is -0.140. The van der Waals surface area contributed by atoms with E-state index < -0.39 is 71.6 Å². The van der Waals surface area contributed by atoms with Crippen molar-refractivity contribution in [1.29, 1.82) is 0 Å². The second kappa shape index (κ2) is 21.7. The van der Waals surface area contributed by atoms with Gasteiger partial charge in [0.2, 0.25) is 23.6 Å². The Bertz CT molecular complexity index is 1630. The summed E-state index contributed by atoms with van der Waals surface area (Å²) in [6, 6.07) is -0.0292. The van der Waals surface area contributed by atoms with Gasteiger partial charge in [-0.2, -0.15) is 0 Å². The summed E-state index contributed by atoms with van der Waals surface area (Å²) in [6.45, 7) is 13.0. The van der Waals surface area contributed by atoms with Gasteiger partial charge >= 0.3 is 6.09 Å². The average molecular weight is 817 g/mol. The molecule has 2 saturated heterocycles. The SMILES string of the molecule is COc1ccc(NC(C)=O)cc1C(=O)NNC(=O)[C@H](CCCCN)NC(=O)[C@@H]1CCCN1[C@@H]1CN(C(=O)[C@@H](NC(=O)[C@H](C)N)C(C)C)CC[C@H]1NC(=O)OC(C)(C)C. The predicted molar refractivity (Wildman–Crippen MR) is 216 cm³/mol. The molecule has 2 aliphatic heterocycles. The van der Waals surface area contributed by atoms with E-state index in [-0.39, 0.29) is 48.6 Å². The molecular weight excluding hydrogens is 752 g/mol. The Morgan fingerprint density at radius 3 is 2.26 bits per heavy atom. The minimum Gasteiger partial charge on any atom is -0.496 e. The van der Waals surface area contributed by atoms with E-state index in [2.05, 4.69) is 32.1 Å². The van der Waals surface area contributed by atoms with Gasteiger partial charge in [0, 0.05) is 31.7 Å². The van der Waals surface area contributed by atoms with Gasteiger partial charge in [0.25, 0.3) is 11.8 Å². The van der Waals surface area contributed by atoms with Crippen molar-refractivity contribution in [3.8, 4) is 5.75 Å². The highest BCUT2D eigenvalue weighted by Gasteiger charge is 2.45. The first-order chi connectivity index (χ1) is 27.3. The van der Waals surface area contributed by atoms with Gasteiger partial charge in [-0.05, 0) is 103 Å². The van der Waals surface area contributed by atoms with Crippen molar-refractivity contribution in [2.45, 2.75) is 129 Å². The maximum atomic E-state index is 14.2. The first kappa shape index (κ1) is 47.4. The molecule has 3 rings (SSSR count). The van der Waals surface area contributed by atoms with Crippen LogP contribution in [0.2, 0.25) is 0 Å². The number of hydrogen-bond acceptors (Lipinski definition) is 12. The Morgan fingerprint density at radius 2 is 1.66 bits per heavy atom. The third-order valence-electron chi connectivity index (χ3n) is 9.91. The molecule has 0 spiro atoms. The van der Waals surface area contributed by atoms with Crippen molar-refractivity contribution in [3.63, 3.8) is 0 Å². The number of anilines is 1. The van der Waals surface area contributed by atoms with Gasteiger partial charge in [-0.15, -0.1) is 0 Å². The van der Waals surface area contributed by atoms with Gasteiger partial charge < -0.3 is 47.1 Å². The van der Waals surface area contributed by atoms with E-state index in [1.54, 1.807) is 31.7 Å². The van der Waals surface area contributed by atoms with Gasteiger partial charge in [0.1, 0.15) is 23.4 Å². The zero-order chi connectivity index (χ0) is 43.3. The van der Waals surface area contributed by atoms with E-state index in [4.69, 9.17) is 20.9 Å². The molecule has 19 nitrogen and oxygen atoms in total. The number of ether oxygens (including phenoxy) is 2. The number of hydrazine groups is 1. The highest BCUT2D eigenvalue weighted by Crippen LogP contribution is 2.28. The maximum absolute atomic E-state index is 14.2. The van der Waals surface area contributed by atoms with E-state index >= 15 is 0 Å². The van der Waals surface area contributed by atoms with Crippen molar-refractivity contribution in [2.75, 3.05) is 38.6 Å². The Balaban J connectivity index is 1.84. The zero-order valence-electron chi connectivity index (χ0n) is 35.1. The molecule has 19 heteroatoms. The first-order valence-corrected chi connectivity index (χ1v) is 19.9. The smallest absolute Gasteiger partial charge is 0.407 e. The molecule has 2 heterocycles. The van der Waals surface area contributed by atoms with Crippen molar-refractivity contribution < 1.29 is 43.0 Å². The molecule has 0 radical (unpaired) electrons. The number of nitrogens with zero attached hydrogens (tertiary/aromatic N) is 2. The molecule has 324 valence electrons. The molecule has 10 N–H and O–H groups in total. The van der Waals surface area contributed by atoms with Crippen LogP contribution in [-0.2, 0) is 28.7 Å². The van der Waals surface area contributed by atoms with Crippen LogP contribution in [0, 0.1) is 5.92 Å². The monoisotopic (exact) mass is 816 g/mol. The van der Waals surface area contributed by atoms with Crippen LogP contribution in [0.25, 0.3) is 0 Å². The van der Waals surface area contributed by atoms with E-state index in [9.17, 15) is 33.6 Å². The summed E-state index contributed by atoms with van der Waals surface area (Å²) in [6.07, 6.45) is 2.08. The second-order valence-electron chi connectivity index (χ2n) is 16.2. The number of amides is 7. The number of rotatable bonds is 16. The van der Waals surface area contributed by atoms with Crippen molar-refractivity contribution in [1.82, 2.24) is 36.6 Å². The molecule has 1 aromatic carbocycles. The number of nitrogens with one attached hydrogen (secondary N) is 6. The Morgan fingerprint density at radius 1 is 0.948 bits per heavy atom. The zero-order valence-corrected chi connectivity index (χ0v) is 35.1. The number of piperidine rings is 1. The summed E-state index contributed by atoms with van der Waals surface area (Å²) in [4.78, 5) is 95.8. The number of alkyl carbamates (subject to hydrolysis) is 1. The first-order valence-electron chi connectivity index (χ1n) is 19.9. The molecule has 0 saturated carbocycles. The number of hydrogen-bond donors (Lipinski definition) is 8. The number of likely N-dealkylation sites (tertiary alicyclic amines) is 2. The third-order valence-corrected chi connectivity index (χ3v) is 9.91. The summed E-state index contributed by atoms with van der Waals surface area (Å²) in [7, 11) is 1.38. The topological polar surface area (TPSA) is 269 Å². The van der Waals surface area contributed by atoms with Crippen LogP contribution < -0.4 is 48.3 Å². The van der Waals surface area contributed by atoms with E-state index in [0.29, 0.717) is 50.9 Å². The largest absolute Gasteiger partial charge is 0.496 e. The van der Waals surface area contributed by atoms with E-state index in [0.717, 1.165) is 0 Å². The Kier molecular flexibility index (Phi) is 17.7. The molecule has 0 bridgehead atoms. The van der Waals surface area contributed by atoms with Crippen LogP contribution in [0.3, 0.4) is 0 Å². The molecule has 6 atom stereocenters. The van der Waals surface area contributed by atoms with Crippen LogP contribution in [0.15, 0.2) is 18.2 Å². The highest BCUT2D eigenvalue weighted by molar-refractivity contribution is 6.00. The maximum Gasteiger partial charge on any atom is 0.407 e. The number of unbranched alkanes of at least 4 members (excludes halogenated alkanes) is 1. The Hall–Kier alpha value is -5.01. The lowest BCUT2D eigenvalue weighted by Gasteiger charge is -2.45. The molecule has 7 amide bonds. The van der Waals surface area contributed by atoms with Gasteiger partial charge in [-0.1, -0.05) is 13.8 Å². The molecule has 0 aromatic heterocycles. The van der Waals surface area contributed by atoms with Gasteiger partial charge in [-0.25, -0.2) is 4.79 Å². The number of carbonyl (C=O) groups is 7. The number of benzene rings is 1. The minimum absolute atomic E-state index is 0.0463. The lowest BCUT2D eigenvalue weighted by Crippen LogP contribution is -2.66. The molecule has 0 aliphatic carbocycles. The summed E-state index contributed by atoms with van der Waals surface area (Å²) in [5.74, 6) is -2.98. The summed E-state index contributed by atoms with van der Waals surface area (Å²) in [5.41, 5.74) is 15.9. The van der Waals surface area contributed by atoms with Gasteiger partial charge in [0.05, 0.1) is 30.8 Å². The minimum atomic E-state index is -1.06. The van der Waals surface area contributed by atoms with Crippen LogP contribution in [0.5, 0.6) is 5.75 Å².